The van der Waals surface area contributed by atoms with Gasteiger partial charge < -0.3 is 14.7 Å². The van der Waals surface area contributed by atoms with Crippen molar-refractivity contribution in [1.29, 1.82) is 0 Å². The Bertz CT molecular complexity index is 756. The average Bonchev–Trinajstić information content (AvgIpc) is 3.37. The van der Waals surface area contributed by atoms with Crippen LogP contribution in [0.5, 0.6) is 0 Å². The van der Waals surface area contributed by atoms with Gasteiger partial charge in [-0.3, -0.25) is 4.79 Å². The summed E-state index contributed by atoms with van der Waals surface area (Å²) in [6, 6.07) is 1.99. The van der Waals surface area contributed by atoms with Gasteiger partial charge in [0.2, 0.25) is 0 Å². The Morgan fingerprint density at radius 1 is 1.33 bits per heavy atom. The normalized spacial score (nSPS) is 19.0. The molecule has 0 radical (unpaired) electrons. The van der Waals surface area contributed by atoms with Crippen molar-refractivity contribution < 1.29 is 9.32 Å². The van der Waals surface area contributed by atoms with Crippen LogP contribution in [-0.4, -0.2) is 47.1 Å². The van der Waals surface area contributed by atoms with Gasteiger partial charge in [0.15, 0.2) is 0 Å². The van der Waals surface area contributed by atoms with Crippen LogP contribution in [0.4, 0.5) is 0 Å². The summed E-state index contributed by atoms with van der Waals surface area (Å²) in [6.07, 6.45) is 3.27. The highest BCUT2D eigenvalue weighted by atomic mass is 16.5. The van der Waals surface area contributed by atoms with Crippen LogP contribution in [0.25, 0.3) is 11.1 Å². The second-order valence-electron chi connectivity index (χ2n) is 7.17. The van der Waals surface area contributed by atoms with E-state index in [-0.39, 0.29) is 11.8 Å². The molecule has 6 nitrogen and oxygen atoms in total. The van der Waals surface area contributed by atoms with E-state index in [4.69, 9.17) is 4.52 Å². The molecule has 0 spiro atoms. The maximum Gasteiger partial charge on any atom is 0.259 e. The fraction of sp³-hybridized carbons (Fsp3) is 0.611. The third-order valence-corrected chi connectivity index (χ3v) is 4.89. The fourth-order valence-corrected chi connectivity index (χ4v) is 3.36. The number of hydrogen-bond acceptors (Lipinski definition) is 5. The molecular formula is C18H24N4O2. The highest BCUT2D eigenvalue weighted by Crippen LogP contribution is 2.41. The van der Waals surface area contributed by atoms with E-state index in [2.05, 4.69) is 29.3 Å². The van der Waals surface area contributed by atoms with E-state index < -0.39 is 0 Å². The lowest BCUT2D eigenvalue weighted by Gasteiger charge is -2.21. The van der Waals surface area contributed by atoms with Gasteiger partial charge in [-0.05, 0) is 37.8 Å². The second kappa shape index (κ2) is 6.16. The molecule has 1 saturated heterocycles. The van der Waals surface area contributed by atoms with Gasteiger partial charge in [-0.2, -0.15) is 0 Å². The van der Waals surface area contributed by atoms with Gasteiger partial charge in [0, 0.05) is 31.2 Å². The molecule has 2 aromatic heterocycles. The Morgan fingerprint density at radius 2 is 2.17 bits per heavy atom. The lowest BCUT2D eigenvalue weighted by molar-refractivity contribution is 0.0768. The van der Waals surface area contributed by atoms with E-state index in [0.29, 0.717) is 17.2 Å². The predicted molar refractivity (Wildman–Crippen MR) is 91.3 cm³/mol. The largest absolute Gasteiger partial charge is 0.337 e. The van der Waals surface area contributed by atoms with Crippen LogP contribution in [-0.2, 0) is 0 Å². The Balaban J connectivity index is 1.81. The first-order valence-electron chi connectivity index (χ1n) is 8.95. The minimum absolute atomic E-state index is 0.0816. The molecule has 1 amide bonds. The van der Waals surface area contributed by atoms with Crippen LogP contribution in [0.2, 0.25) is 0 Å². The molecule has 1 aliphatic heterocycles. The maximum atomic E-state index is 13.2. The highest BCUT2D eigenvalue weighted by molar-refractivity contribution is 6.06. The van der Waals surface area contributed by atoms with Crippen LogP contribution in [0, 0.1) is 0 Å². The molecule has 1 saturated carbocycles. The molecule has 0 bridgehead atoms. The number of carbonyl (C=O) groups excluding carboxylic acids is 1. The number of amides is 1. The summed E-state index contributed by atoms with van der Waals surface area (Å²) in [4.78, 5) is 19.8. The number of fused-ring (bicyclic) bond motifs is 1. The van der Waals surface area contributed by atoms with E-state index in [1.165, 1.54) is 0 Å². The van der Waals surface area contributed by atoms with E-state index in [1.54, 1.807) is 0 Å². The zero-order valence-electron chi connectivity index (χ0n) is 14.3. The predicted octanol–water partition coefficient (Wildman–Crippen LogP) is 2.66. The van der Waals surface area contributed by atoms with Crippen LogP contribution in [0.15, 0.2) is 10.6 Å². The first-order valence-corrected chi connectivity index (χ1v) is 8.95. The molecule has 0 atom stereocenters. The highest BCUT2D eigenvalue weighted by Gasteiger charge is 2.30. The van der Waals surface area contributed by atoms with E-state index in [0.717, 1.165) is 62.2 Å². The van der Waals surface area contributed by atoms with Crippen molar-refractivity contribution in [1.82, 2.24) is 20.4 Å². The summed E-state index contributed by atoms with van der Waals surface area (Å²) in [5.74, 6) is 0.745. The first kappa shape index (κ1) is 15.6. The molecular weight excluding hydrogens is 304 g/mol. The Kier molecular flexibility index (Phi) is 4.00. The molecule has 2 fully saturated rings. The maximum absolute atomic E-state index is 13.2. The van der Waals surface area contributed by atoms with Crippen LogP contribution < -0.4 is 5.32 Å². The summed E-state index contributed by atoms with van der Waals surface area (Å²) in [5, 5.41) is 8.35. The standard InChI is InChI=1S/C18H24N4O2/c1-11(2)16-15-13(18(23)22-8-3-6-19-7-9-22)10-14(12-4-5-12)20-17(15)24-21-16/h10-12,19H,3-9H2,1-2H3. The van der Waals surface area contributed by atoms with Gasteiger partial charge in [0.05, 0.1) is 16.6 Å². The molecule has 0 unspecified atom stereocenters. The van der Waals surface area contributed by atoms with E-state index >= 15 is 0 Å². The van der Waals surface area contributed by atoms with Gasteiger partial charge >= 0.3 is 0 Å². The van der Waals surface area contributed by atoms with E-state index in [9.17, 15) is 4.79 Å². The molecule has 4 rings (SSSR count). The van der Waals surface area contributed by atoms with Crippen LogP contribution >= 0.6 is 0 Å². The molecule has 2 aliphatic rings. The molecule has 3 heterocycles. The average molecular weight is 328 g/mol. The van der Waals surface area contributed by atoms with Crippen molar-refractivity contribution in [2.75, 3.05) is 26.2 Å². The number of aromatic nitrogens is 2. The first-order chi connectivity index (χ1) is 11.6. The smallest absolute Gasteiger partial charge is 0.259 e. The monoisotopic (exact) mass is 328 g/mol. The third kappa shape index (κ3) is 2.79. The number of hydrogen-bond donors (Lipinski definition) is 1. The minimum atomic E-state index is 0.0816. The lowest BCUT2D eigenvalue weighted by atomic mass is 10.0. The van der Waals surface area contributed by atoms with Gasteiger partial charge in [-0.1, -0.05) is 19.0 Å². The van der Waals surface area contributed by atoms with Gasteiger partial charge in [0.1, 0.15) is 0 Å². The fourth-order valence-electron chi connectivity index (χ4n) is 3.36. The second-order valence-corrected chi connectivity index (χ2v) is 7.17. The molecule has 0 aromatic carbocycles. The van der Waals surface area contributed by atoms with Crippen molar-refractivity contribution in [3.05, 3.63) is 23.0 Å². The zero-order valence-corrected chi connectivity index (χ0v) is 14.3. The van der Waals surface area contributed by atoms with Crippen molar-refractivity contribution in [3.8, 4) is 0 Å². The number of rotatable bonds is 3. The van der Waals surface area contributed by atoms with Crippen LogP contribution in [0.3, 0.4) is 0 Å². The summed E-state index contributed by atoms with van der Waals surface area (Å²) < 4.78 is 5.49. The van der Waals surface area contributed by atoms with Crippen LogP contribution in [0.1, 0.15) is 66.7 Å². The molecule has 1 aliphatic carbocycles. The van der Waals surface area contributed by atoms with Gasteiger partial charge in [-0.25, -0.2) is 4.98 Å². The van der Waals surface area contributed by atoms with Crippen molar-refractivity contribution in [2.45, 2.75) is 44.9 Å². The molecule has 24 heavy (non-hydrogen) atoms. The summed E-state index contributed by atoms with van der Waals surface area (Å²) >= 11 is 0. The molecule has 6 heteroatoms. The Hall–Kier alpha value is -1.95. The summed E-state index contributed by atoms with van der Waals surface area (Å²) in [5.41, 5.74) is 3.04. The topological polar surface area (TPSA) is 71.3 Å². The number of carbonyl (C=O) groups is 1. The Labute approximate surface area is 141 Å². The lowest BCUT2D eigenvalue weighted by Crippen LogP contribution is -2.34. The minimum Gasteiger partial charge on any atom is -0.337 e. The van der Waals surface area contributed by atoms with Gasteiger partial charge in [-0.15, -0.1) is 0 Å². The number of pyridine rings is 1. The number of nitrogens with zero attached hydrogens (tertiary/aromatic N) is 3. The van der Waals surface area contributed by atoms with E-state index in [1.807, 2.05) is 11.0 Å². The number of nitrogens with one attached hydrogen (secondary N) is 1. The van der Waals surface area contributed by atoms with Crippen molar-refractivity contribution in [2.24, 2.45) is 0 Å². The Morgan fingerprint density at radius 3 is 2.92 bits per heavy atom. The van der Waals surface area contributed by atoms with Crippen molar-refractivity contribution in [3.63, 3.8) is 0 Å². The zero-order chi connectivity index (χ0) is 16.7. The molecule has 1 N–H and O–H groups in total. The third-order valence-electron chi connectivity index (χ3n) is 4.89. The quantitative estimate of drug-likeness (QED) is 0.938. The summed E-state index contributed by atoms with van der Waals surface area (Å²) in [6.45, 7) is 7.47. The summed E-state index contributed by atoms with van der Waals surface area (Å²) in [7, 11) is 0. The van der Waals surface area contributed by atoms with Crippen molar-refractivity contribution >= 4 is 17.0 Å². The van der Waals surface area contributed by atoms with Gasteiger partial charge in [0.25, 0.3) is 11.6 Å². The molecule has 2 aromatic rings. The molecule has 128 valence electrons. The SMILES string of the molecule is CC(C)c1noc2nc(C3CC3)cc(C(=O)N3CCCNCC3)c12.